The number of carbonyl (C=O) groups is 1. The first-order valence-electron chi connectivity index (χ1n) is 8.85. The van der Waals surface area contributed by atoms with Gasteiger partial charge in [0.15, 0.2) is 0 Å². The summed E-state index contributed by atoms with van der Waals surface area (Å²) in [4.78, 5) is 10.1. The summed E-state index contributed by atoms with van der Waals surface area (Å²) in [5.74, 6) is 0. The molecule has 0 amide bonds. The van der Waals surface area contributed by atoms with E-state index in [9.17, 15) is 4.79 Å². The molecule has 0 unspecified atom stereocenters. The van der Waals surface area contributed by atoms with Crippen LogP contribution in [-0.4, -0.2) is 55.2 Å². The summed E-state index contributed by atoms with van der Waals surface area (Å²) < 4.78 is 0. The molecule has 0 aliphatic rings. The Bertz CT molecular complexity index is 171. The van der Waals surface area contributed by atoms with Gasteiger partial charge in [0.1, 0.15) is 6.29 Å². The second kappa shape index (κ2) is 22.5. The van der Waals surface area contributed by atoms with Crippen LogP contribution < -0.4 is 0 Å². The van der Waals surface area contributed by atoms with Gasteiger partial charge < -0.3 is 4.79 Å². The van der Waals surface area contributed by atoms with Gasteiger partial charge in [0, 0.05) is 6.42 Å². The summed E-state index contributed by atoms with van der Waals surface area (Å²) in [5.41, 5.74) is 0. The molecule has 20 heavy (non-hydrogen) atoms. The summed E-state index contributed by atoms with van der Waals surface area (Å²) in [6.45, 7) is 2.28. The van der Waals surface area contributed by atoms with E-state index in [4.69, 9.17) is 0 Å². The standard InChI is InChI=1S/C18H36O.Ba.2H/c1-2-3-4-5-6-7-8-9-10-11-12-13-14-15-16-17-18-19;;;/h18H,2-17H2,1H3;;;. The van der Waals surface area contributed by atoms with Gasteiger partial charge in [-0.25, -0.2) is 0 Å². The van der Waals surface area contributed by atoms with Crippen LogP contribution in [0.3, 0.4) is 0 Å². The molecule has 0 bridgehead atoms. The van der Waals surface area contributed by atoms with Crippen molar-refractivity contribution < 1.29 is 4.79 Å². The molecule has 0 aliphatic heterocycles. The maximum atomic E-state index is 10.1. The molecule has 118 valence electrons. The Balaban J connectivity index is 0. The Morgan fingerprint density at radius 3 is 1.15 bits per heavy atom. The van der Waals surface area contributed by atoms with Crippen LogP contribution in [0.4, 0.5) is 0 Å². The van der Waals surface area contributed by atoms with Crippen LogP contribution in [0.2, 0.25) is 0 Å². The maximum absolute atomic E-state index is 10.1. The van der Waals surface area contributed by atoms with Crippen molar-refractivity contribution >= 4 is 55.2 Å². The number of unbranched alkanes of at least 4 members (excludes halogenated alkanes) is 15. The third-order valence-electron chi connectivity index (χ3n) is 3.93. The van der Waals surface area contributed by atoms with Crippen LogP contribution in [0.15, 0.2) is 0 Å². The third-order valence-corrected chi connectivity index (χ3v) is 3.93. The van der Waals surface area contributed by atoms with Crippen molar-refractivity contribution in [2.45, 2.75) is 110 Å². The normalized spacial score (nSPS) is 10.2. The summed E-state index contributed by atoms with van der Waals surface area (Å²) in [5, 5.41) is 0. The average Bonchev–Trinajstić information content (AvgIpc) is 2.43. The van der Waals surface area contributed by atoms with E-state index in [2.05, 4.69) is 6.92 Å². The second-order valence-corrected chi connectivity index (χ2v) is 5.91. The van der Waals surface area contributed by atoms with E-state index in [0.29, 0.717) is 0 Å². The van der Waals surface area contributed by atoms with Gasteiger partial charge in [-0.2, -0.15) is 0 Å². The zero-order valence-corrected chi connectivity index (χ0v) is 13.3. The van der Waals surface area contributed by atoms with Crippen molar-refractivity contribution in [3.63, 3.8) is 0 Å². The molecule has 0 saturated carbocycles. The van der Waals surface area contributed by atoms with Crippen molar-refractivity contribution in [1.29, 1.82) is 0 Å². The predicted molar refractivity (Wildman–Crippen MR) is 94.2 cm³/mol. The van der Waals surface area contributed by atoms with Gasteiger partial charge in [0.05, 0.1) is 0 Å². The molecule has 0 fully saturated rings. The Morgan fingerprint density at radius 2 is 0.850 bits per heavy atom. The van der Waals surface area contributed by atoms with E-state index in [1.54, 1.807) is 0 Å². The van der Waals surface area contributed by atoms with Crippen molar-refractivity contribution in [2.24, 2.45) is 0 Å². The Morgan fingerprint density at radius 1 is 0.550 bits per heavy atom. The Labute approximate surface area is 168 Å². The monoisotopic (exact) mass is 408 g/mol. The van der Waals surface area contributed by atoms with Gasteiger partial charge in [0.2, 0.25) is 0 Å². The molecule has 0 aliphatic carbocycles. The number of aldehydes is 1. The molecule has 1 nitrogen and oxygen atoms in total. The van der Waals surface area contributed by atoms with Gasteiger partial charge in [-0.15, -0.1) is 0 Å². The third kappa shape index (κ3) is 21.5. The zero-order chi connectivity index (χ0) is 14.0. The molecule has 0 heterocycles. The molecule has 2 heteroatoms. The molecule has 0 aromatic rings. The van der Waals surface area contributed by atoms with Crippen LogP contribution in [0.25, 0.3) is 0 Å². The zero-order valence-electron chi connectivity index (χ0n) is 13.3. The van der Waals surface area contributed by atoms with Crippen molar-refractivity contribution in [3.05, 3.63) is 0 Å². The molecule has 0 atom stereocenters. The van der Waals surface area contributed by atoms with E-state index < -0.39 is 0 Å². The fourth-order valence-electron chi connectivity index (χ4n) is 2.60. The Kier molecular flexibility index (Phi) is 26.5. The van der Waals surface area contributed by atoms with Crippen molar-refractivity contribution in [2.75, 3.05) is 0 Å². The molecule has 0 aromatic carbocycles. The van der Waals surface area contributed by atoms with E-state index in [0.717, 1.165) is 19.1 Å². The van der Waals surface area contributed by atoms with Crippen LogP contribution >= 0.6 is 0 Å². The predicted octanol–water partition coefficient (Wildman–Crippen LogP) is 5.53. The summed E-state index contributed by atoms with van der Waals surface area (Å²) in [6, 6.07) is 0. The van der Waals surface area contributed by atoms with E-state index in [-0.39, 0.29) is 48.9 Å². The van der Waals surface area contributed by atoms with E-state index >= 15 is 0 Å². The van der Waals surface area contributed by atoms with Crippen molar-refractivity contribution in [1.82, 2.24) is 0 Å². The van der Waals surface area contributed by atoms with Gasteiger partial charge in [-0.05, 0) is 6.42 Å². The summed E-state index contributed by atoms with van der Waals surface area (Å²) in [6.07, 6.45) is 22.6. The molecule has 0 N–H and O–H groups in total. The average molecular weight is 408 g/mol. The minimum atomic E-state index is 0. The number of hydrogen-bond donors (Lipinski definition) is 0. The minimum absolute atomic E-state index is 0. The van der Waals surface area contributed by atoms with Crippen LogP contribution in [0.1, 0.15) is 110 Å². The van der Waals surface area contributed by atoms with Gasteiger partial charge in [-0.3, -0.25) is 0 Å². The first-order chi connectivity index (χ1) is 9.41. The molecular formula is C18H38BaO. The number of carbonyl (C=O) groups excluding carboxylic acids is 1. The van der Waals surface area contributed by atoms with Gasteiger partial charge in [-0.1, -0.05) is 96.8 Å². The molecule has 0 aromatic heterocycles. The molecule has 0 radical (unpaired) electrons. The van der Waals surface area contributed by atoms with Gasteiger partial charge >= 0.3 is 48.9 Å². The molecular weight excluding hydrogens is 370 g/mol. The summed E-state index contributed by atoms with van der Waals surface area (Å²) in [7, 11) is 0. The van der Waals surface area contributed by atoms with Gasteiger partial charge in [0.25, 0.3) is 0 Å². The summed E-state index contributed by atoms with van der Waals surface area (Å²) >= 11 is 0. The Hall–Kier alpha value is 1.24. The SMILES string of the molecule is CCCCCCCCCCCCCCCCCC=O.[BaH2]. The first-order valence-corrected chi connectivity index (χ1v) is 8.85. The van der Waals surface area contributed by atoms with Crippen molar-refractivity contribution in [3.8, 4) is 0 Å². The molecule has 0 saturated heterocycles. The number of rotatable bonds is 16. The van der Waals surface area contributed by atoms with Crippen LogP contribution in [0, 0.1) is 0 Å². The van der Waals surface area contributed by atoms with E-state index in [1.807, 2.05) is 0 Å². The quantitative estimate of drug-likeness (QED) is 0.187. The fourth-order valence-corrected chi connectivity index (χ4v) is 2.60. The fraction of sp³-hybridized carbons (Fsp3) is 0.944. The number of hydrogen-bond acceptors (Lipinski definition) is 1. The first kappa shape index (κ1) is 23.5. The van der Waals surface area contributed by atoms with Crippen LogP contribution in [0.5, 0.6) is 0 Å². The molecule has 0 spiro atoms. The topological polar surface area (TPSA) is 17.1 Å². The van der Waals surface area contributed by atoms with E-state index in [1.165, 1.54) is 89.9 Å². The van der Waals surface area contributed by atoms with Crippen LogP contribution in [-0.2, 0) is 4.79 Å². The molecule has 0 rings (SSSR count). The second-order valence-electron chi connectivity index (χ2n) is 5.91.